The van der Waals surface area contributed by atoms with Crippen molar-refractivity contribution in [3.8, 4) is 0 Å². The van der Waals surface area contributed by atoms with Crippen molar-refractivity contribution >= 4 is 26.7 Å². The minimum atomic E-state index is -4.73. The number of hydrogen-bond acceptors (Lipinski definition) is 7. The summed E-state index contributed by atoms with van der Waals surface area (Å²) in [5, 5.41) is -0.100. The van der Waals surface area contributed by atoms with Crippen molar-refractivity contribution in [2.75, 3.05) is 11.3 Å². The van der Waals surface area contributed by atoms with Crippen LogP contribution in [0.4, 0.5) is 27.1 Å². The molecule has 3 rings (SSSR count). The molecule has 0 amide bonds. The van der Waals surface area contributed by atoms with Crippen LogP contribution < -0.4 is 4.72 Å². The highest BCUT2D eigenvalue weighted by Crippen LogP contribution is 2.29. The number of anilines is 1. The number of rotatable bonds is 6. The van der Waals surface area contributed by atoms with E-state index in [0.29, 0.717) is 6.07 Å². The summed E-state index contributed by atoms with van der Waals surface area (Å²) < 4.78 is 100. The Hall–Kier alpha value is -1.90. The lowest BCUT2D eigenvalue weighted by molar-refractivity contribution is -0.347. The van der Waals surface area contributed by atoms with E-state index in [1.807, 2.05) is 4.72 Å². The third kappa shape index (κ3) is 5.62. The number of aromatic nitrogens is 2. The van der Waals surface area contributed by atoms with Crippen LogP contribution in [0.15, 0.2) is 23.4 Å². The van der Waals surface area contributed by atoms with Gasteiger partial charge in [-0.1, -0.05) is 0 Å². The number of nitrogens with one attached hydrogen (secondary N) is 1. The Labute approximate surface area is 173 Å². The van der Waals surface area contributed by atoms with E-state index >= 15 is 0 Å². The van der Waals surface area contributed by atoms with Gasteiger partial charge >= 0.3 is 6.36 Å². The average molecular weight is 472 g/mol. The van der Waals surface area contributed by atoms with Gasteiger partial charge in [0.05, 0.1) is 6.10 Å². The zero-order chi connectivity index (χ0) is 22.1. The van der Waals surface area contributed by atoms with E-state index in [0.717, 1.165) is 23.9 Å². The van der Waals surface area contributed by atoms with Crippen molar-refractivity contribution in [2.45, 2.75) is 49.7 Å². The number of hydrogen-bond donors (Lipinski definition) is 1. The van der Waals surface area contributed by atoms with Gasteiger partial charge in [0.1, 0.15) is 22.9 Å². The zero-order valence-corrected chi connectivity index (χ0v) is 17.1. The van der Waals surface area contributed by atoms with Gasteiger partial charge in [0.2, 0.25) is 5.13 Å². The summed E-state index contributed by atoms with van der Waals surface area (Å²) in [6, 6.07) is 0.962. The highest BCUT2D eigenvalue weighted by atomic mass is 32.2. The monoisotopic (exact) mass is 472 g/mol. The largest absolute Gasteiger partial charge is 0.522 e. The molecule has 1 N–H and O–H groups in total. The van der Waals surface area contributed by atoms with Crippen molar-refractivity contribution in [1.82, 2.24) is 14.3 Å². The minimum Gasteiger partial charge on any atom is -0.296 e. The fourth-order valence-electron chi connectivity index (χ4n) is 3.21. The first kappa shape index (κ1) is 22.8. The first-order valence-corrected chi connectivity index (χ1v) is 11.0. The third-order valence-electron chi connectivity index (χ3n) is 4.61. The predicted molar refractivity (Wildman–Crippen MR) is 97.1 cm³/mol. The standard InChI is InChI=1S/C16H17F5N4O3S2/c1-9-4-11(28-16(19,20)21)2-3-25(9)7-10-5-13(18)14(6-12(10)17)30(26,27)24-15-22-8-23-29-15/h5-6,8-9,11H,2-4,7H2,1H3,(H,22,23,24)/t9-,11-/m1/s1. The summed E-state index contributed by atoms with van der Waals surface area (Å²) in [6.45, 7) is 1.75. The Kier molecular flexibility index (Phi) is 6.60. The molecule has 0 radical (unpaired) electrons. The molecule has 2 heterocycles. The van der Waals surface area contributed by atoms with Crippen LogP contribution in [-0.4, -0.2) is 47.7 Å². The Balaban J connectivity index is 1.72. The van der Waals surface area contributed by atoms with Crippen molar-refractivity contribution in [3.05, 3.63) is 35.7 Å². The van der Waals surface area contributed by atoms with Gasteiger partial charge in [0.15, 0.2) is 0 Å². The molecular weight excluding hydrogens is 455 g/mol. The number of nitrogens with zero attached hydrogens (tertiary/aromatic N) is 3. The van der Waals surface area contributed by atoms with Crippen LogP contribution in [-0.2, 0) is 21.3 Å². The molecule has 1 aliphatic rings. The van der Waals surface area contributed by atoms with Gasteiger partial charge < -0.3 is 0 Å². The van der Waals surface area contributed by atoms with Gasteiger partial charge in [0, 0.05) is 36.2 Å². The molecule has 0 aliphatic carbocycles. The molecule has 30 heavy (non-hydrogen) atoms. The molecule has 2 aromatic rings. The highest BCUT2D eigenvalue weighted by molar-refractivity contribution is 7.93. The maximum Gasteiger partial charge on any atom is 0.522 e. The summed E-state index contributed by atoms with van der Waals surface area (Å²) in [5.41, 5.74) is -0.107. The second-order valence-corrected chi connectivity index (χ2v) is 9.19. The van der Waals surface area contributed by atoms with Crippen LogP contribution >= 0.6 is 11.5 Å². The van der Waals surface area contributed by atoms with Crippen LogP contribution in [0.2, 0.25) is 0 Å². The first-order chi connectivity index (χ1) is 13.9. The van der Waals surface area contributed by atoms with Gasteiger partial charge in [-0.2, -0.15) is 4.37 Å². The molecule has 1 saturated heterocycles. The maximum absolute atomic E-state index is 14.5. The first-order valence-electron chi connectivity index (χ1n) is 8.70. The number of piperidine rings is 1. The lowest BCUT2D eigenvalue weighted by Gasteiger charge is -2.37. The van der Waals surface area contributed by atoms with Gasteiger partial charge in [-0.25, -0.2) is 22.2 Å². The molecule has 0 unspecified atom stereocenters. The van der Waals surface area contributed by atoms with Gasteiger partial charge in [-0.05, 0) is 31.9 Å². The van der Waals surface area contributed by atoms with E-state index in [2.05, 4.69) is 14.1 Å². The second-order valence-electron chi connectivity index (χ2n) is 6.76. The quantitative estimate of drug-likeness (QED) is 0.648. The summed E-state index contributed by atoms with van der Waals surface area (Å²) in [4.78, 5) is 4.42. The lowest BCUT2D eigenvalue weighted by atomic mass is 9.99. The molecule has 0 spiro atoms. The Morgan fingerprint density at radius 1 is 1.30 bits per heavy atom. The number of ether oxygens (including phenoxy) is 1. The lowest BCUT2D eigenvalue weighted by Crippen LogP contribution is -2.44. The smallest absolute Gasteiger partial charge is 0.296 e. The molecule has 0 saturated carbocycles. The van der Waals surface area contributed by atoms with Crippen LogP contribution in [0.3, 0.4) is 0 Å². The molecule has 0 bridgehead atoms. The summed E-state index contributed by atoms with van der Waals surface area (Å²) in [6.07, 6.45) is -4.48. The van der Waals surface area contributed by atoms with Crippen molar-refractivity contribution < 1.29 is 35.1 Å². The molecule has 1 aromatic heterocycles. The van der Waals surface area contributed by atoms with E-state index in [9.17, 15) is 30.4 Å². The van der Waals surface area contributed by atoms with Crippen LogP contribution in [0.1, 0.15) is 25.3 Å². The fourth-order valence-corrected chi connectivity index (χ4v) is 4.95. The van der Waals surface area contributed by atoms with E-state index < -0.39 is 39.0 Å². The van der Waals surface area contributed by atoms with E-state index in [-0.39, 0.29) is 42.7 Å². The molecule has 1 fully saturated rings. The van der Waals surface area contributed by atoms with Crippen molar-refractivity contribution in [1.29, 1.82) is 0 Å². The normalized spacial score (nSPS) is 21.0. The molecule has 1 aromatic carbocycles. The van der Waals surface area contributed by atoms with Crippen LogP contribution in [0, 0.1) is 11.6 Å². The third-order valence-corrected chi connectivity index (χ3v) is 6.68. The maximum atomic E-state index is 14.5. The van der Waals surface area contributed by atoms with Gasteiger partial charge in [-0.3, -0.25) is 14.4 Å². The Bertz CT molecular complexity index is 986. The number of sulfonamides is 1. The molecule has 7 nitrogen and oxygen atoms in total. The van der Waals surface area contributed by atoms with Crippen molar-refractivity contribution in [2.24, 2.45) is 0 Å². The SMILES string of the molecule is C[C@@H]1C[C@H](OC(F)(F)F)CCN1Cc1cc(F)c(S(=O)(=O)Nc2ncns2)cc1F. The predicted octanol–water partition coefficient (Wildman–Crippen LogP) is 3.51. The van der Waals surface area contributed by atoms with Crippen molar-refractivity contribution in [3.63, 3.8) is 0 Å². The zero-order valence-electron chi connectivity index (χ0n) is 15.5. The number of alkyl halides is 3. The molecule has 166 valence electrons. The molecule has 2 atom stereocenters. The number of benzene rings is 1. The minimum absolute atomic E-state index is 0.0713. The second kappa shape index (κ2) is 8.69. The Morgan fingerprint density at radius 3 is 2.63 bits per heavy atom. The van der Waals surface area contributed by atoms with E-state index in [4.69, 9.17) is 0 Å². The van der Waals surface area contributed by atoms with E-state index in [1.54, 1.807) is 11.8 Å². The number of halogens is 5. The highest BCUT2D eigenvalue weighted by Gasteiger charge is 2.37. The fraction of sp³-hybridized carbons (Fsp3) is 0.500. The van der Waals surface area contributed by atoms with Gasteiger partial charge in [0.25, 0.3) is 10.0 Å². The molecule has 14 heteroatoms. The topological polar surface area (TPSA) is 84.4 Å². The number of likely N-dealkylation sites (tertiary alicyclic amines) is 1. The summed E-state index contributed by atoms with van der Waals surface area (Å²) in [7, 11) is -4.42. The molecular formula is C16H17F5N4O3S2. The van der Waals surface area contributed by atoms with E-state index in [1.165, 1.54) is 0 Å². The summed E-state index contributed by atoms with van der Waals surface area (Å²) in [5.74, 6) is -2.11. The van der Waals surface area contributed by atoms with Crippen LogP contribution in [0.25, 0.3) is 0 Å². The average Bonchev–Trinajstić information content (AvgIpc) is 3.10. The van der Waals surface area contributed by atoms with Crippen LogP contribution in [0.5, 0.6) is 0 Å². The summed E-state index contributed by atoms with van der Waals surface area (Å²) >= 11 is 0.730. The van der Waals surface area contributed by atoms with Gasteiger partial charge in [-0.15, -0.1) is 13.2 Å². The molecule has 1 aliphatic heterocycles. The Morgan fingerprint density at radius 2 is 2.03 bits per heavy atom.